The number of methoxy groups -OCH3 is 2. The van der Waals surface area contributed by atoms with Crippen LogP contribution in [0.5, 0.6) is 11.5 Å². The van der Waals surface area contributed by atoms with E-state index in [2.05, 4.69) is 0 Å². The first-order valence-electron chi connectivity index (χ1n) is 7.00. The first kappa shape index (κ1) is 14.2. The molecule has 0 saturated carbocycles. The van der Waals surface area contributed by atoms with Gasteiger partial charge in [-0.15, -0.1) is 0 Å². The van der Waals surface area contributed by atoms with Crippen molar-refractivity contribution in [2.24, 2.45) is 0 Å². The van der Waals surface area contributed by atoms with Gasteiger partial charge in [-0.1, -0.05) is 18.2 Å². The predicted molar refractivity (Wildman–Crippen MR) is 86.2 cm³/mol. The smallest absolute Gasteiger partial charge is 0.235 e. The fourth-order valence-electron chi connectivity index (χ4n) is 2.73. The lowest BCUT2D eigenvalue weighted by Gasteiger charge is -2.15. The molecule has 0 spiro atoms. The number of rotatable bonds is 3. The van der Waals surface area contributed by atoms with Crippen molar-refractivity contribution in [3.8, 4) is 22.8 Å². The number of nitrogens with zero attached hydrogens (tertiary/aromatic N) is 1. The molecule has 1 aromatic heterocycles. The van der Waals surface area contributed by atoms with Crippen LogP contribution in [0.2, 0.25) is 0 Å². The second-order valence-corrected chi connectivity index (χ2v) is 5.06. The number of hydrogen-bond donors (Lipinski definition) is 0. The summed E-state index contributed by atoms with van der Waals surface area (Å²) in [5, 5.41) is 14.4. The number of benzene rings is 2. The summed E-state index contributed by atoms with van der Waals surface area (Å²) in [4.78, 5) is 0. The van der Waals surface area contributed by atoms with Gasteiger partial charge in [0.05, 0.1) is 14.2 Å². The van der Waals surface area contributed by atoms with Crippen molar-refractivity contribution in [2.75, 3.05) is 14.2 Å². The maximum Gasteiger partial charge on any atom is 0.235 e. The van der Waals surface area contributed by atoms with Gasteiger partial charge in [0, 0.05) is 18.6 Å². The van der Waals surface area contributed by atoms with Gasteiger partial charge in [-0.25, -0.2) is 0 Å². The zero-order chi connectivity index (χ0) is 15.7. The Hall–Kier alpha value is -2.75. The van der Waals surface area contributed by atoms with Crippen molar-refractivity contribution in [3.63, 3.8) is 0 Å². The molecule has 0 saturated heterocycles. The Balaban J connectivity index is 2.49. The zero-order valence-corrected chi connectivity index (χ0v) is 12.8. The Kier molecular flexibility index (Phi) is 3.59. The summed E-state index contributed by atoms with van der Waals surface area (Å²) in [7, 11) is 3.17. The molecule has 0 radical (unpaired) electrons. The largest absolute Gasteiger partial charge is 0.618 e. The third-order valence-corrected chi connectivity index (χ3v) is 3.75. The molecule has 2 aromatic carbocycles. The van der Waals surface area contributed by atoms with Crippen LogP contribution in [0, 0.1) is 12.1 Å². The number of aryl methyl sites for hydroxylation is 1. The molecule has 4 nitrogen and oxygen atoms in total. The molecule has 0 N–H and O–H groups in total. The SMILES string of the molecule is COc1ccc2cc(C)[n+]([O-])c(-c3ccccc3)c2c1OC. The molecule has 3 aromatic rings. The minimum atomic E-state index is 0.573. The Morgan fingerprint density at radius 1 is 0.955 bits per heavy atom. The second-order valence-electron chi connectivity index (χ2n) is 5.06. The van der Waals surface area contributed by atoms with Gasteiger partial charge >= 0.3 is 0 Å². The lowest BCUT2D eigenvalue weighted by atomic mass is 10.0. The van der Waals surface area contributed by atoms with Crippen molar-refractivity contribution in [3.05, 3.63) is 59.4 Å². The van der Waals surface area contributed by atoms with Gasteiger partial charge in [0.1, 0.15) is 5.39 Å². The normalized spacial score (nSPS) is 10.7. The molecule has 0 atom stereocenters. The average molecular weight is 295 g/mol. The Labute approximate surface area is 129 Å². The van der Waals surface area contributed by atoms with Gasteiger partial charge in [-0.2, -0.15) is 4.73 Å². The van der Waals surface area contributed by atoms with Crippen molar-refractivity contribution >= 4 is 10.8 Å². The molecule has 0 aliphatic heterocycles. The quantitative estimate of drug-likeness (QED) is 0.549. The highest BCUT2D eigenvalue weighted by Gasteiger charge is 2.22. The first-order valence-corrected chi connectivity index (χ1v) is 7.00. The molecule has 1 heterocycles. The number of aromatic nitrogens is 1. The molecule has 3 rings (SSSR count). The summed E-state index contributed by atoms with van der Waals surface area (Å²) >= 11 is 0. The summed E-state index contributed by atoms with van der Waals surface area (Å²) in [6, 6.07) is 15.2. The summed E-state index contributed by atoms with van der Waals surface area (Å²) in [6.07, 6.45) is 0. The lowest BCUT2D eigenvalue weighted by molar-refractivity contribution is -0.599. The third kappa shape index (κ3) is 2.13. The van der Waals surface area contributed by atoms with Crippen LogP contribution in [0.1, 0.15) is 5.69 Å². The minimum absolute atomic E-state index is 0.573. The first-order chi connectivity index (χ1) is 10.7. The molecule has 0 fully saturated rings. The number of pyridine rings is 1. The van der Waals surface area contributed by atoms with Crippen molar-refractivity contribution < 1.29 is 14.2 Å². The van der Waals surface area contributed by atoms with Gasteiger partial charge in [-0.05, 0) is 29.7 Å². The van der Waals surface area contributed by atoms with Crippen LogP contribution in [0.3, 0.4) is 0 Å². The highest BCUT2D eigenvalue weighted by atomic mass is 16.5. The minimum Gasteiger partial charge on any atom is -0.618 e. The number of hydrogen-bond acceptors (Lipinski definition) is 3. The van der Waals surface area contributed by atoms with E-state index < -0.39 is 0 Å². The van der Waals surface area contributed by atoms with Gasteiger partial charge < -0.3 is 14.7 Å². The predicted octanol–water partition coefficient (Wildman–Crippen LogP) is 3.47. The molecule has 0 unspecified atom stereocenters. The van der Waals surface area contributed by atoms with E-state index in [9.17, 15) is 5.21 Å². The van der Waals surface area contributed by atoms with Gasteiger partial charge in [0.25, 0.3) is 0 Å². The average Bonchev–Trinajstić information content (AvgIpc) is 2.56. The summed E-state index contributed by atoms with van der Waals surface area (Å²) in [6.45, 7) is 1.80. The van der Waals surface area contributed by atoms with Crippen LogP contribution in [-0.2, 0) is 0 Å². The van der Waals surface area contributed by atoms with E-state index in [0.29, 0.717) is 22.9 Å². The topological polar surface area (TPSA) is 45.4 Å². The van der Waals surface area contributed by atoms with E-state index in [1.807, 2.05) is 48.5 Å². The van der Waals surface area contributed by atoms with E-state index in [1.54, 1.807) is 21.1 Å². The summed E-state index contributed by atoms with van der Waals surface area (Å²) < 4.78 is 11.8. The zero-order valence-electron chi connectivity index (χ0n) is 12.8. The molecule has 0 aliphatic carbocycles. The molecule has 0 amide bonds. The maximum absolute atomic E-state index is 12.7. The molecule has 0 aliphatic rings. The third-order valence-electron chi connectivity index (χ3n) is 3.75. The van der Waals surface area contributed by atoms with Gasteiger partial charge in [0.15, 0.2) is 17.2 Å². The van der Waals surface area contributed by atoms with E-state index in [-0.39, 0.29) is 0 Å². The van der Waals surface area contributed by atoms with E-state index >= 15 is 0 Å². The van der Waals surface area contributed by atoms with Crippen LogP contribution < -0.4 is 14.2 Å². The highest BCUT2D eigenvalue weighted by molar-refractivity contribution is 5.99. The van der Waals surface area contributed by atoms with Crippen molar-refractivity contribution in [1.29, 1.82) is 0 Å². The van der Waals surface area contributed by atoms with Crippen LogP contribution in [0.4, 0.5) is 0 Å². The van der Waals surface area contributed by atoms with Crippen LogP contribution in [0.25, 0.3) is 22.0 Å². The van der Waals surface area contributed by atoms with E-state index in [1.165, 1.54) is 0 Å². The highest BCUT2D eigenvalue weighted by Crippen LogP contribution is 2.39. The Morgan fingerprint density at radius 2 is 1.68 bits per heavy atom. The summed E-state index contributed by atoms with van der Waals surface area (Å²) in [5.74, 6) is 1.18. The molecule has 4 heteroatoms. The Morgan fingerprint density at radius 3 is 2.32 bits per heavy atom. The second kappa shape index (κ2) is 5.56. The Bertz CT molecular complexity index is 829. The van der Waals surface area contributed by atoms with Crippen LogP contribution >= 0.6 is 0 Å². The van der Waals surface area contributed by atoms with Crippen LogP contribution in [0.15, 0.2) is 48.5 Å². The fourth-order valence-corrected chi connectivity index (χ4v) is 2.73. The maximum atomic E-state index is 12.7. The number of fused-ring (bicyclic) bond motifs is 1. The van der Waals surface area contributed by atoms with Gasteiger partial charge in [0.2, 0.25) is 5.69 Å². The van der Waals surface area contributed by atoms with E-state index in [4.69, 9.17) is 9.47 Å². The molecule has 22 heavy (non-hydrogen) atoms. The molecule has 112 valence electrons. The van der Waals surface area contributed by atoms with Crippen LogP contribution in [-0.4, -0.2) is 14.2 Å². The lowest BCUT2D eigenvalue weighted by Crippen LogP contribution is -2.33. The van der Waals surface area contributed by atoms with Crippen molar-refractivity contribution in [1.82, 2.24) is 0 Å². The molecule has 0 bridgehead atoms. The molecular weight excluding hydrogens is 278 g/mol. The standard InChI is InChI=1S/C18H17NO3/c1-12-11-14-9-10-15(21-2)18(22-3)16(14)17(19(12)20)13-7-5-4-6-8-13/h4-11H,1-3H3. The van der Waals surface area contributed by atoms with Crippen molar-refractivity contribution in [2.45, 2.75) is 6.92 Å². The van der Waals surface area contributed by atoms with Gasteiger partial charge in [-0.3, -0.25) is 0 Å². The summed E-state index contributed by atoms with van der Waals surface area (Å²) in [5.41, 5.74) is 2.06. The monoisotopic (exact) mass is 295 g/mol. The molecular formula is C18H17NO3. The van der Waals surface area contributed by atoms with E-state index in [0.717, 1.165) is 21.1 Å². The number of ether oxygens (including phenoxy) is 2. The fraction of sp³-hybridized carbons (Fsp3) is 0.167.